The molecule has 0 spiro atoms. The predicted octanol–water partition coefficient (Wildman–Crippen LogP) is 4.46. The third kappa shape index (κ3) is 3.12. The summed E-state index contributed by atoms with van der Waals surface area (Å²) in [5.41, 5.74) is 0.645. The van der Waals surface area contributed by atoms with Crippen molar-refractivity contribution in [3.8, 4) is 0 Å². The fraction of sp³-hybridized carbons (Fsp3) is 0.870. The van der Waals surface area contributed by atoms with E-state index in [9.17, 15) is 9.90 Å². The summed E-state index contributed by atoms with van der Waals surface area (Å²) >= 11 is 0. The summed E-state index contributed by atoms with van der Waals surface area (Å²) in [6.07, 6.45) is 13.8. The van der Waals surface area contributed by atoms with Gasteiger partial charge in [-0.1, -0.05) is 13.8 Å². The maximum Gasteiger partial charge on any atom is 0.333 e. The van der Waals surface area contributed by atoms with Gasteiger partial charge >= 0.3 is 5.97 Å². The Morgan fingerprint density at radius 3 is 2.52 bits per heavy atom. The van der Waals surface area contributed by atoms with Crippen LogP contribution < -0.4 is 0 Å². The number of carbonyl (C=O) groups excluding carboxylic acids is 1. The molecule has 0 aromatic heterocycles. The van der Waals surface area contributed by atoms with E-state index in [0.29, 0.717) is 11.3 Å². The van der Waals surface area contributed by atoms with Crippen LogP contribution in [-0.2, 0) is 14.3 Å². The highest BCUT2D eigenvalue weighted by Gasteiger charge is 2.60. The van der Waals surface area contributed by atoms with Gasteiger partial charge in [0.25, 0.3) is 0 Å². The van der Waals surface area contributed by atoms with Crippen molar-refractivity contribution in [2.24, 2.45) is 34.5 Å². The first-order valence-electron chi connectivity index (χ1n) is 11.0. The molecule has 152 valence electrons. The van der Waals surface area contributed by atoms with Crippen molar-refractivity contribution < 1.29 is 19.4 Å². The molecule has 0 radical (unpaired) electrons. The Morgan fingerprint density at radius 1 is 1.00 bits per heavy atom. The van der Waals surface area contributed by atoms with E-state index < -0.39 is 0 Å². The average Bonchev–Trinajstić information content (AvgIpc) is 2.99. The Balaban J connectivity index is 1.49. The Bertz CT molecular complexity index is 601. The third-order valence-corrected chi connectivity index (χ3v) is 9.20. The summed E-state index contributed by atoms with van der Waals surface area (Å²) in [5, 5.41) is 10.2. The number of rotatable bonds is 3. The van der Waals surface area contributed by atoms with Gasteiger partial charge < -0.3 is 14.6 Å². The highest BCUT2D eigenvalue weighted by molar-refractivity contribution is 5.81. The first kappa shape index (κ1) is 19.3. The van der Waals surface area contributed by atoms with E-state index in [1.807, 2.05) is 0 Å². The molecule has 4 saturated carbocycles. The third-order valence-electron chi connectivity index (χ3n) is 9.20. The molecule has 27 heavy (non-hydrogen) atoms. The van der Waals surface area contributed by atoms with Gasteiger partial charge in [-0.15, -0.1) is 0 Å². The van der Waals surface area contributed by atoms with E-state index in [4.69, 9.17) is 4.74 Å². The highest BCUT2D eigenvalue weighted by Crippen LogP contribution is 2.66. The highest BCUT2D eigenvalue weighted by atomic mass is 16.5. The topological polar surface area (TPSA) is 55.8 Å². The van der Waals surface area contributed by atoms with Gasteiger partial charge in [0.05, 0.1) is 25.6 Å². The van der Waals surface area contributed by atoms with Gasteiger partial charge in [0, 0.05) is 5.41 Å². The smallest absolute Gasteiger partial charge is 0.333 e. The molecule has 0 aromatic carbocycles. The fourth-order valence-electron chi connectivity index (χ4n) is 7.67. The summed E-state index contributed by atoms with van der Waals surface area (Å²) in [6, 6.07) is 0. The molecule has 4 nitrogen and oxygen atoms in total. The van der Waals surface area contributed by atoms with E-state index in [2.05, 4.69) is 18.6 Å². The first-order chi connectivity index (χ1) is 12.9. The zero-order valence-electron chi connectivity index (χ0n) is 17.2. The summed E-state index contributed by atoms with van der Waals surface area (Å²) in [4.78, 5) is 11.3. The van der Waals surface area contributed by atoms with Crippen LogP contribution in [0.25, 0.3) is 0 Å². The lowest BCUT2D eigenvalue weighted by atomic mass is 9.45. The molecule has 4 aliphatic rings. The van der Waals surface area contributed by atoms with E-state index in [0.717, 1.165) is 37.0 Å². The van der Waals surface area contributed by atoms with E-state index in [1.54, 1.807) is 6.26 Å². The molecule has 4 aliphatic carbocycles. The van der Waals surface area contributed by atoms with E-state index >= 15 is 0 Å². The van der Waals surface area contributed by atoms with Crippen LogP contribution in [0.4, 0.5) is 0 Å². The second kappa shape index (κ2) is 7.09. The Morgan fingerprint density at radius 2 is 1.74 bits per heavy atom. The number of carbonyl (C=O) groups is 1. The molecular formula is C23H36O4. The minimum atomic E-state index is -0.357. The van der Waals surface area contributed by atoms with Gasteiger partial charge in [0.1, 0.15) is 6.10 Å². The lowest BCUT2D eigenvalue weighted by Crippen LogP contribution is -2.54. The van der Waals surface area contributed by atoms with E-state index in [-0.39, 0.29) is 23.6 Å². The average molecular weight is 377 g/mol. The Kier molecular flexibility index (Phi) is 5.07. The summed E-state index contributed by atoms with van der Waals surface area (Å²) in [6.45, 7) is 4.96. The van der Waals surface area contributed by atoms with Crippen LogP contribution in [0.2, 0.25) is 0 Å². The number of hydrogen-bond donors (Lipinski definition) is 1. The SMILES string of the molecule is COC(=O)/C=C/OC1CCC2C3CCC4CC(O)CCC4(C)C3CCC12C. The Labute approximate surface area is 163 Å². The summed E-state index contributed by atoms with van der Waals surface area (Å²) in [5.74, 6) is 2.70. The van der Waals surface area contributed by atoms with Crippen molar-refractivity contribution in [1.82, 2.24) is 0 Å². The molecule has 0 amide bonds. The lowest BCUT2D eigenvalue weighted by molar-refractivity contribution is -0.136. The Hall–Kier alpha value is -1.03. The first-order valence-corrected chi connectivity index (χ1v) is 11.0. The minimum Gasteiger partial charge on any atom is -0.497 e. The normalized spacial score (nSPS) is 49.2. The van der Waals surface area contributed by atoms with Gasteiger partial charge in [-0.3, -0.25) is 0 Å². The van der Waals surface area contributed by atoms with Crippen molar-refractivity contribution in [3.05, 3.63) is 12.3 Å². The molecule has 0 saturated heterocycles. The largest absolute Gasteiger partial charge is 0.497 e. The van der Waals surface area contributed by atoms with Crippen molar-refractivity contribution in [2.45, 2.75) is 83.8 Å². The molecule has 4 fully saturated rings. The molecule has 8 atom stereocenters. The van der Waals surface area contributed by atoms with Crippen molar-refractivity contribution >= 4 is 5.97 Å². The number of esters is 1. The molecule has 1 N–H and O–H groups in total. The minimum absolute atomic E-state index is 0.0701. The van der Waals surface area contributed by atoms with Crippen LogP contribution in [0, 0.1) is 34.5 Å². The van der Waals surface area contributed by atoms with Crippen molar-refractivity contribution in [1.29, 1.82) is 0 Å². The van der Waals surface area contributed by atoms with Gasteiger partial charge in [0.15, 0.2) is 0 Å². The number of fused-ring (bicyclic) bond motifs is 5. The quantitative estimate of drug-likeness (QED) is 0.449. The number of methoxy groups -OCH3 is 1. The molecule has 8 unspecified atom stereocenters. The van der Waals surface area contributed by atoms with Gasteiger partial charge in [-0.2, -0.15) is 0 Å². The van der Waals surface area contributed by atoms with Crippen LogP contribution in [-0.4, -0.2) is 30.4 Å². The fourth-order valence-corrected chi connectivity index (χ4v) is 7.67. The number of ether oxygens (including phenoxy) is 2. The number of hydrogen-bond acceptors (Lipinski definition) is 4. The predicted molar refractivity (Wildman–Crippen MR) is 104 cm³/mol. The van der Waals surface area contributed by atoms with Crippen LogP contribution >= 0.6 is 0 Å². The van der Waals surface area contributed by atoms with E-state index in [1.165, 1.54) is 51.7 Å². The summed E-state index contributed by atoms with van der Waals surface area (Å²) in [7, 11) is 1.39. The summed E-state index contributed by atoms with van der Waals surface area (Å²) < 4.78 is 10.7. The molecule has 4 heteroatoms. The molecular weight excluding hydrogens is 340 g/mol. The monoisotopic (exact) mass is 376 g/mol. The zero-order chi connectivity index (χ0) is 19.2. The van der Waals surface area contributed by atoms with Gasteiger partial charge in [-0.25, -0.2) is 4.79 Å². The van der Waals surface area contributed by atoms with Crippen LogP contribution in [0.15, 0.2) is 12.3 Å². The zero-order valence-corrected chi connectivity index (χ0v) is 17.2. The van der Waals surface area contributed by atoms with Crippen molar-refractivity contribution in [3.63, 3.8) is 0 Å². The molecule has 0 heterocycles. The van der Waals surface area contributed by atoms with Crippen LogP contribution in [0.1, 0.15) is 71.6 Å². The molecule has 4 rings (SSSR count). The molecule has 0 aromatic rings. The second-order valence-corrected chi connectivity index (χ2v) is 10.2. The second-order valence-electron chi connectivity index (χ2n) is 10.2. The molecule has 0 aliphatic heterocycles. The maximum atomic E-state index is 11.3. The maximum absolute atomic E-state index is 11.3. The lowest BCUT2D eigenvalue weighted by Gasteiger charge is -2.60. The standard InChI is InChI=1S/C23H36O4/c1-22-11-8-16(24)14-15(22)4-5-17-18-6-7-20(27-13-10-21(25)26-3)23(18,2)12-9-19(17)22/h10,13,15-20,24H,4-9,11-12,14H2,1-3H3/b13-10+. The van der Waals surface area contributed by atoms with Gasteiger partial charge in [-0.05, 0) is 86.9 Å². The van der Waals surface area contributed by atoms with Crippen LogP contribution in [0.3, 0.4) is 0 Å². The van der Waals surface area contributed by atoms with Gasteiger partial charge in [0.2, 0.25) is 0 Å². The number of aliphatic hydroxyl groups excluding tert-OH is 1. The van der Waals surface area contributed by atoms with Crippen molar-refractivity contribution in [2.75, 3.05) is 7.11 Å². The molecule has 0 bridgehead atoms. The van der Waals surface area contributed by atoms with Crippen LogP contribution in [0.5, 0.6) is 0 Å². The number of aliphatic hydroxyl groups is 1.